The summed E-state index contributed by atoms with van der Waals surface area (Å²) in [5.41, 5.74) is 1.99. The summed E-state index contributed by atoms with van der Waals surface area (Å²) in [7, 11) is 0. The minimum atomic E-state index is -0.659. The number of aromatic amines is 1. The molecule has 1 aliphatic rings. The van der Waals surface area contributed by atoms with E-state index in [1.54, 1.807) is 51.5 Å². The van der Waals surface area contributed by atoms with E-state index in [0.29, 0.717) is 49.4 Å². The predicted octanol–water partition coefficient (Wildman–Crippen LogP) is 2.68. The van der Waals surface area contributed by atoms with E-state index >= 15 is 0 Å². The number of pyridine rings is 2. The summed E-state index contributed by atoms with van der Waals surface area (Å²) in [6.45, 7) is 7.51. The molecule has 0 spiro atoms. The molecule has 4 rings (SSSR count). The van der Waals surface area contributed by atoms with Gasteiger partial charge < -0.3 is 24.7 Å². The number of amides is 2. The highest BCUT2D eigenvalue weighted by molar-refractivity contribution is 6.11. The first-order valence-electron chi connectivity index (χ1n) is 11.4. The molecule has 11 heteroatoms. The van der Waals surface area contributed by atoms with Gasteiger partial charge in [-0.05, 0) is 39.0 Å². The molecule has 3 aromatic heterocycles. The largest absolute Gasteiger partial charge is 0.443 e. The van der Waals surface area contributed by atoms with Gasteiger partial charge in [0.25, 0.3) is 5.91 Å². The Hall–Kier alpha value is -3.99. The third-order valence-corrected chi connectivity index (χ3v) is 5.51. The van der Waals surface area contributed by atoms with E-state index in [1.165, 1.54) is 11.2 Å². The van der Waals surface area contributed by atoms with E-state index in [9.17, 15) is 14.4 Å². The lowest BCUT2D eigenvalue weighted by atomic mass is 10.2. The number of aromatic nitrogens is 3. The molecule has 2 amide bonds. The molecule has 2 N–H and O–H groups in total. The number of fused-ring (bicyclic) bond motifs is 1. The van der Waals surface area contributed by atoms with Crippen LogP contribution in [0.25, 0.3) is 11.0 Å². The Morgan fingerprint density at radius 1 is 1.20 bits per heavy atom. The van der Waals surface area contributed by atoms with Crippen LogP contribution in [0.4, 0.5) is 16.2 Å². The molecule has 0 radical (unpaired) electrons. The van der Waals surface area contributed by atoms with E-state index in [1.807, 2.05) is 11.1 Å². The molecule has 0 aromatic carbocycles. The Kier molecular flexibility index (Phi) is 6.97. The number of anilines is 2. The van der Waals surface area contributed by atoms with Crippen LogP contribution in [0.1, 0.15) is 31.1 Å². The molecule has 0 bridgehead atoms. The van der Waals surface area contributed by atoms with Crippen molar-refractivity contribution in [2.45, 2.75) is 26.4 Å². The van der Waals surface area contributed by atoms with Crippen molar-refractivity contribution in [3.63, 3.8) is 0 Å². The number of piperazine rings is 1. The smallest absolute Gasteiger partial charge is 0.425 e. The number of hydrazine groups is 1. The zero-order chi connectivity index (χ0) is 25.0. The van der Waals surface area contributed by atoms with Crippen LogP contribution in [0, 0.1) is 0 Å². The van der Waals surface area contributed by atoms with Crippen LogP contribution in [0.5, 0.6) is 0 Å². The molecule has 4 heterocycles. The number of ether oxygens (including phenoxy) is 1. The zero-order valence-corrected chi connectivity index (χ0v) is 20.0. The van der Waals surface area contributed by atoms with Gasteiger partial charge in [0.2, 0.25) is 0 Å². The van der Waals surface area contributed by atoms with Crippen molar-refractivity contribution in [3.8, 4) is 0 Å². The van der Waals surface area contributed by atoms with Crippen molar-refractivity contribution in [1.29, 1.82) is 0 Å². The van der Waals surface area contributed by atoms with Crippen molar-refractivity contribution >= 4 is 40.7 Å². The highest BCUT2D eigenvalue weighted by atomic mass is 16.6. The van der Waals surface area contributed by atoms with E-state index in [0.717, 1.165) is 11.1 Å². The van der Waals surface area contributed by atoms with Crippen LogP contribution in [0.2, 0.25) is 0 Å². The van der Waals surface area contributed by atoms with Gasteiger partial charge in [-0.3, -0.25) is 9.78 Å². The lowest BCUT2D eigenvalue weighted by Gasteiger charge is -2.41. The summed E-state index contributed by atoms with van der Waals surface area (Å²) in [5, 5.41) is 6.93. The molecule has 0 atom stereocenters. The second-order valence-electron chi connectivity index (χ2n) is 9.12. The van der Waals surface area contributed by atoms with Gasteiger partial charge >= 0.3 is 6.09 Å². The SMILES string of the molecule is CC(C)(C)OC(=O)N(CC=O)N1CCN(c2ccnc3[nH]cc(NC(=O)c4cccnc4)c23)CC1. The summed E-state index contributed by atoms with van der Waals surface area (Å²) in [4.78, 5) is 50.2. The van der Waals surface area contributed by atoms with Gasteiger partial charge in [-0.1, -0.05) is 0 Å². The Labute approximate surface area is 203 Å². The van der Waals surface area contributed by atoms with Gasteiger partial charge in [0.05, 0.1) is 28.9 Å². The normalized spacial score (nSPS) is 14.5. The Balaban J connectivity index is 1.51. The second kappa shape index (κ2) is 10.1. The number of nitrogens with one attached hydrogen (secondary N) is 2. The number of hydrogen-bond donors (Lipinski definition) is 2. The number of H-pyrrole nitrogens is 1. The van der Waals surface area contributed by atoms with E-state index in [4.69, 9.17) is 4.74 Å². The summed E-state index contributed by atoms with van der Waals surface area (Å²) < 4.78 is 5.47. The molecular weight excluding hydrogens is 450 g/mol. The molecule has 184 valence electrons. The predicted molar refractivity (Wildman–Crippen MR) is 131 cm³/mol. The molecule has 3 aromatic rings. The zero-order valence-electron chi connectivity index (χ0n) is 20.0. The van der Waals surface area contributed by atoms with Gasteiger partial charge in [-0.2, -0.15) is 0 Å². The van der Waals surface area contributed by atoms with Crippen LogP contribution in [0.3, 0.4) is 0 Å². The number of rotatable bonds is 6. The van der Waals surface area contributed by atoms with Gasteiger partial charge in [0.1, 0.15) is 17.5 Å². The van der Waals surface area contributed by atoms with Crippen molar-refractivity contribution in [1.82, 2.24) is 25.0 Å². The fraction of sp³-hybridized carbons (Fsp3) is 0.375. The minimum absolute atomic E-state index is 0.0727. The number of carbonyl (C=O) groups is 3. The minimum Gasteiger partial charge on any atom is -0.443 e. The maximum atomic E-state index is 12.7. The van der Waals surface area contributed by atoms with Gasteiger partial charge in [-0.15, -0.1) is 0 Å². The Morgan fingerprint density at radius 3 is 2.63 bits per heavy atom. The van der Waals surface area contributed by atoms with Crippen LogP contribution < -0.4 is 10.2 Å². The van der Waals surface area contributed by atoms with E-state index in [2.05, 4.69) is 25.2 Å². The third-order valence-electron chi connectivity index (χ3n) is 5.51. The van der Waals surface area contributed by atoms with Crippen LogP contribution in [-0.2, 0) is 9.53 Å². The van der Waals surface area contributed by atoms with Crippen LogP contribution in [0.15, 0.2) is 43.0 Å². The average molecular weight is 480 g/mol. The number of nitrogens with zero attached hydrogens (tertiary/aromatic N) is 5. The fourth-order valence-electron chi connectivity index (χ4n) is 3.96. The second-order valence-corrected chi connectivity index (χ2v) is 9.12. The van der Waals surface area contributed by atoms with Crippen LogP contribution >= 0.6 is 0 Å². The molecule has 1 fully saturated rings. The fourth-order valence-corrected chi connectivity index (χ4v) is 3.96. The third kappa shape index (κ3) is 5.57. The van der Waals surface area contributed by atoms with Gasteiger partial charge in [0, 0.05) is 51.0 Å². The van der Waals surface area contributed by atoms with Gasteiger partial charge in [0.15, 0.2) is 0 Å². The average Bonchev–Trinajstić information content (AvgIpc) is 3.25. The Morgan fingerprint density at radius 2 is 1.97 bits per heavy atom. The molecule has 0 unspecified atom stereocenters. The molecule has 1 aliphatic heterocycles. The van der Waals surface area contributed by atoms with Crippen molar-refractivity contribution in [3.05, 3.63) is 48.5 Å². The molecule has 0 aliphatic carbocycles. The first-order valence-corrected chi connectivity index (χ1v) is 11.4. The summed E-state index contributed by atoms with van der Waals surface area (Å²) in [6.07, 6.45) is 6.71. The lowest BCUT2D eigenvalue weighted by Crippen LogP contribution is -2.57. The maximum absolute atomic E-state index is 12.7. The highest BCUT2D eigenvalue weighted by Gasteiger charge is 2.30. The molecule has 11 nitrogen and oxygen atoms in total. The summed E-state index contributed by atoms with van der Waals surface area (Å²) in [5.74, 6) is -0.263. The quantitative estimate of drug-likeness (QED) is 0.517. The summed E-state index contributed by atoms with van der Waals surface area (Å²) >= 11 is 0. The first kappa shape index (κ1) is 24.1. The molecule has 1 saturated heterocycles. The number of aldehydes is 1. The van der Waals surface area contributed by atoms with Gasteiger partial charge in [-0.25, -0.2) is 19.8 Å². The van der Waals surface area contributed by atoms with Crippen molar-refractivity contribution in [2.75, 3.05) is 42.9 Å². The first-order chi connectivity index (χ1) is 16.8. The standard InChI is InChI=1S/C24H29N7O4/c1-24(2,3)35-23(34)31(13-14-32)30-11-9-29(10-12-30)19-6-8-26-21-20(19)18(16-27-21)28-22(33)17-5-4-7-25-15-17/h4-8,14-16H,9-13H2,1-3H3,(H,26,27)(H,28,33). The van der Waals surface area contributed by atoms with Crippen LogP contribution in [-0.4, -0.2) is 81.6 Å². The molecule has 0 saturated carbocycles. The van der Waals surface area contributed by atoms with Crippen molar-refractivity contribution in [2.24, 2.45) is 0 Å². The highest BCUT2D eigenvalue weighted by Crippen LogP contribution is 2.33. The monoisotopic (exact) mass is 479 g/mol. The molecular formula is C24H29N7O4. The topological polar surface area (TPSA) is 124 Å². The summed E-state index contributed by atoms with van der Waals surface area (Å²) in [6, 6.07) is 5.32. The maximum Gasteiger partial charge on any atom is 0.425 e. The van der Waals surface area contributed by atoms with Crippen molar-refractivity contribution < 1.29 is 19.1 Å². The van der Waals surface area contributed by atoms with E-state index in [-0.39, 0.29) is 12.5 Å². The lowest BCUT2D eigenvalue weighted by molar-refractivity contribution is -0.114. The number of carbonyl (C=O) groups excluding carboxylic acids is 3. The Bertz CT molecular complexity index is 1200. The molecule has 35 heavy (non-hydrogen) atoms. The number of hydrogen-bond acceptors (Lipinski definition) is 8. The van der Waals surface area contributed by atoms with E-state index < -0.39 is 11.7 Å².